The summed E-state index contributed by atoms with van der Waals surface area (Å²) in [6.07, 6.45) is 3.55. The van der Waals surface area contributed by atoms with Crippen molar-refractivity contribution in [1.29, 1.82) is 0 Å². The highest BCUT2D eigenvalue weighted by molar-refractivity contribution is 5.57. The summed E-state index contributed by atoms with van der Waals surface area (Å²) < 4.78 is 18.9. The van der Waals surface area contributed by atoms with Crippen LogP contribution in [0.2, 0.25) is 0 Å². The number of hydrogen-bond acceptors (Lipinski definition) is 5. The van der Waals surface area contributed by atoms with Gasteiger partial charge in [0.2, 0.25) is 11.8 Å². The Kier molecular flexibility index (Phi) is 5.02. The molecule has 0 radical (unpaired) electrons. The van der Waals surface area contributed by atoms with Gasteiger partial charge in [-0.1, -0.05) is 18.2 Å². The van der Waals surface area contributed by atoms with Gasteiger partial charge < -0.3 is 9.32 Å². The van der Waals surface area contributed by atoms with Crippen molar-refractivity contribution in [2.75, 3.05) is 31.1 Å². The molecule has 3 aromatic rings. The van der Waals surface area contributed by atoms with Crippen molar-refractivity contribution in [2.24, 2.45) is 5.92 Å². The number of fused-ring (bicyclic) bond motifs is 1. The van der Waals surface area contributed by atoms with Crippen LogP contribution in [0.1, 0.15) is 24.3 Å². The van der Waals surface area contributed by atoms with Crippen molar-refractivity contribution in [3.63, 3.8) is 0 Å². The van der Waals surface area contributed by atoms with Gasteiger partial charge in [0.1, 0.15) is 5.82 Å². The minimum absolute atomic E-state index is 0.270. The van der Waals surface area contributed by atoms with E-state index in [1.807, 2.05) is 0 Å². The molecule has 6 heteroatoms. The molecule has 0 saturated carbocycles. The molecule has 0 spiro atoms. The first-order chi connectivity index (χ1) is 14.2. The normalized spacial score (nSPS) is 17.6. The van der Waals surface area contributed by atoms with Crippen LogP contribution in [0.5, 0.6) is 0 Å². The summed E-state index contributed by atoms with van der Waals surface area (Å²) in [5.74, 6) is 1.53. The fraction of sp³-hybridized carbons (Fsp3) is 0.391. The second-order valence-electron chi connectivity index (χ2n) is 8.05. The van der Waals surface area contributed by atoms with Crippen LogP contribution in [0.25, 0.3) is 11.5 Å². The topological polar surface area (TPSA) is 45.4 Å². The molecule has 3 heterocycles. The third-order valence-electron chi connectivity index (χ3n) is 6.09. The van der Waals surface area contributed by atoms with Crippen LogP contribution in [0.15, 0.2) is 52.9 Å². The number of rotatable bonds is 5. The minimum atomic E-state index is -0.270. The number of hydrogen-bond donors (Lipinski definition) is 0. The summed E-state index contributed by atoms with van der Waals surface area (Å²) in [7, 11) is 0. The highest BCUT2D eigenvalue weighted by Crippen LogP contribution is 2.30. The van der Waals surface area contributed by atoms with E-state index in [-0.39, 0.29) is 5.82 Å². The Labute approximate surface area is 170 Å². The zero-order valence-corrected chi connectivity index (χ0v) is 16.4. The summed E-state index contributed by atoms with van der Waals surface area (Å²) in [5.41, 5.74) is 3.65. The Morgan fingerprint density at radius 2 is 1.76 bits per heavy atom. The van der Waals surface area contributed by atoms with Crippen LogP contribution in [-0.2, 0) is 13.0 Å². The average molecular weight is 392 g/mol. The zero-order valence-electron chi connectivity index (χ0n) is 16.4. The molecule has 1 fully saturated rings. The molecule has 1 saturated heterocycles. The predicted molar refractivity (Wildman–Crippen MR) is 110 cm³/mol. The van der Waals surface area contributed by atoms with Gasteiger partial charge in [-0.2, -0.15) is 0 Å². The third-order valence-corrected chi connectivity index (χ3v) is 6.09. The van der Waals surface area contributed by atoms with Crippen molar-refractivity contribution < 1.29 is 8.81 Å². The molecule has 0 unspecified atom stereocenters. The van der Waals surface area contributed by atoms with Crippen molar-refractivity contribution in [1.82, 2.24) is 15.1 Å². The van der Waals surface area contributed by atoms with E-state index in [0.717, 1.165) is 37.7 Å². The van der Waals surface area contributed by atoms with Gasteiger partial charge >= 0.3 is 0 Å². The number of anilines is 1. The molecule has 2 aromatic carbocycles. The van der Waals surface area contributed by atoms with E-state index in [0.29, 0.717) is 18.3 Å². The highest BCUT2D eigenvalue weighted by atomic mass is 19.1. The van der Waals surface area contributed by atoms with Crippen LogP contribution in [0, 0.1) is 11.7 Å². The summed E-state index contributed by atoms with van der Waals surface area (Å²) in [6, 6.07) is 14.9. The van der Waals surface area contributed by atoms with E-state index in [1.54, 1.807) is 12.1 Å². The van der Waals surface area contributed by atoms with E-state index in [9.17, 15) is 4.39 Å². The van der Waals surface area contributed by atoms with Crippen LogP contribution < -0.4 is 4.90 Å². The first-order valence-corrected chi connectivity index (χ1v) is 10.4. The predicted octanol–water partition coefficient (Wildman–Crippen LogP) is 4.15. The second kappa shape index (κ2) is 7.95. The van der Waals surface area contributed by atoms with Gasteiger partial charge in [-0.25, -0.2) is 4.39 Å². The number of para-hydroxylation sites is 1. The largest absolute Gasteiger partial charge is 0.419 e. The van der Waals surface area contributed by atoms with Gasteiger partial charge in [0.05, 0.1) is 6.54 Å². The molecular weight excluding hydrogens is 367 g/mol. The number of aromatic nitrogens is 2. The Hall–Kier alpha value is -2.73. The molecule has 29 heavy (non-hydrogen) atoms. The first-order valence-electron chi connectivity index (χ1n) is 10.4. The lowest BCUT2D eigenvalue weighted by Gasteiger charge is -2.33. The van der Waals surface area contributed by atoms with Gasteiger partial charge in [-0.3, -0.25) is 4.90 Å². The second-order valence-corrected chi connectivity index (χ2v) is 8.05. The van der Waals surface area contributed by atoms with E-state index in [2.05, 4.69) is 44.3 Å². The first kappa shape index (κ1) is 18.3. The minimum Gasteiger partial charge on any atom is -0.419 e. The SMILES string of the molecule is Fc1ccc(-c2nnc(CN3CCC(CN4CCc5ccccc54)CC3)o2)cc1. The number of piperidine rings is 1. The smallest absolute Gasteiger partial charge is 0.247 e. The maximum atomic E-state index is 13.1. The Morgan fingerprint density at radius 3 is 2.59 bits per heavy atom. The molecule has 2 aliphatic heterocycles. The lowest BCUT2D eigenvalue weighted by molar-refractivity contribution is 0.166. The molecule has 150 valence electrons. The Morgan fingerprint density at radius 1 is 0.966 bits per heavy atom. The Bertz CT molecular complexity index is 963. The molecule has 0 atom stereocenters. The van der Waals surface area contributed by atoms with Gasteiger partial charge in [0.25, 0.3) is 0 Å². The standard InChI is InChI=1S/C23H25FN4O/c24-20-7-5-19(6-8-20)23-26-25-22(29-23)16-27-12-9-17(10-13-27)15-28-14-11-18-3-1-2-4-21(18)28/h1-8,17H,9-16H2. The fourth-order valence-corrected chi connectivity index (χ4v) is 4.45. The monoisotopic (exact) mass is 392 g/mol. The summed E-state index contributed by atoms with van der Waals surface area (Å²) in [6.45, 7) is 5.07. The van der Waals surface area contributed by atoms with Crippen LogP contribution >= 0.6 is 0 Å². The molecule has 5 nitrogen and oxygen atoms in total. The molecule has 0 N–H and O–H groups in total. The van der Waals surface area contributed by atoms with Crippen LogP contribution in [0.3, 0.4) is 0 Å². The molecule has 0 aliphatic carbocycles. The zero-order chi connectivity index (χ0) is 19.6. The van der Waals surface area contributed by atoms with Crippen molar-refractivity contribution in [3.8, 4) is 11.5 Å². The van der Waals surface area contributed by atoms with E-state index in [1.165, 1.54) is 42.6 Å². The maximum Gasteiger partial charge on any atom is 0.247 e. The third kappa shape index (κ3) is 4.03. The summed E-state index contributed by atoms with van der Waals surface area (Å²) >= 11 is 0. The fourth-order valence-electron chi connectivity index (χ4n) is 4.45. The molecule has 2 aliphatic rings. The van der Waals surface area contributed by atoms with Crippen molar-refractivity contribution >= 4 is 5.69 Å². The number of benzene rings is 2. The summed E-state index contributed by atoms with van der Waals surface area (Å²) in [4.78, 5) is 4.94. The molecule has 5 rings (SSSR count). The highest BCUT2D eigenvalue weighted by Gasteiger charge is 2.25. The van der Waals surface area contributed by atoms with Gasteiger partial charge in [-0.05, 0) is 74.2 Å². The van der Waals surface area contributed by atoms with Crippen LogP contribution in [-0.4, -0.2) is 41.3 Å². The van der Waals surface area contributed by atoms with E-state index >= 15 is 0 Å². The quantitative estimate of drug-likeness (QED) is 0.653. The molecule has 0 amide bonds. The van der Waals surface area contributed by atoms with Crippen molar-refractivity contribution in [3.05, 3.63) is 65.8 Å². The number of nitrogens with zero attached hydrogens (tertiary/aromatic N) is 4. The lowest BCUT2D eigenvalue weighted by Crippen LogP contribution is -2.38. The van der Waals surface area contributed by atoms with Crippen molar-refractivity contribution in [2.45, 2.75) is 25.8 Å². The van der Waals surface area contributed by atoms with E-state index < -0.39 is 0 Å². The summed E-state index contributed by atoms with van der Waals surface area (Å²) in [5, 5.41) is 8.29. The molecular formula is C23H25FN4O. The van der Waals surface area contributed by atoms with Gasteiger partial charge in [0, 0.05) is 24.3 Å². The van der Waals surface area contributed by atoms with Crippen LogP contribution in [0.4, 0.5) is 10.1 Å². The molecule has 1 aromatic heterocycles. The number of likely N-dealkylation sites (tertiary alicyclic amines) is 1. The maximum absolute atomic E-state index is 13.1. The van der Waals surface area contributed by atoms with E-state index in [4.69, 9.17) is 4.42 Å². The Balaban J connectivity index is 1.14. The molecule has 0 bridgehead atoms. The van der Waals surface area contributed by atoms with Gasteiger partial charge in [-0.15, -0.1) is 10.2 Å². The average Bonchev–Trinajstić information content (AvgIpc) is 3.38. The van der Waals surface area contributed by atoms with Gasteiger partial charge in [0.15, 0.2) is 0 Å². The lowest BCUT2D eigenvalue weighted by atomic mass is 9.96. The number of halogens is 1.